The van der Waals surface area contributed by atoms with E-state index in [9.17, 15) is 0 Å². The molecular formula is C23H20N8S. The lowest BCUT2D eigenvalue weighted by atomic mass is 10.1. The van der Waals surface area contributed by atoms with Crippen LogP contribution in [0.15, 0.2) is 48.3 Å². The van der Waals surface area contributed by atoms with Gasteiger partial charge >= 0.3 is 0 Å². The molecule has 1 aliphatic rings. The maximum absolute atomic E-state index is 4.91. The van der Waals surface area contributed by atoms with Crippen LogP contribution in [0.3, 0.4) is 0 Å². The van der Waals surface area contributed by atoms with Gasteiger partial charge in [0.25, 0.3) is 0 Å². The summed E-state index contributed by atoms with van der Waals surface area (Å²) in [6.07, 6.45) is 6.50. The van der Waals surface area contributed by atoms with Gasteiger partial charge in [0.1, 0.15) is 11.0 Å². The fourth-order valence-corrected chi connectivity index (χ4v) is 4.77. The number of hydrogen-bond donors (Lipinski definition) is 2. The predicted octanol–water partition coefficient (Wildman–Crippen LogP) is 4.50. The first kappa shape index (κ1) is 19.0. The molecule has 0 saturated carbocycles. The lowest BCUT2D eigenvalue weighted by Crippen LogP contribution is -2.08. The number of hydrogen-bond acceptors (Lipinski definition) is 7. The topological polar surface area (TPSA) is 99.3 Å². The number of H-pyrrole nitrogens is 2. The molecule has 6 heterocycles. The molecule has 5 aromatic heterocycles. The van der Waals surface area contributed by atoms with E-state index < -0.39 is 0 Å². The molecule has 8 nitrogen and oxygen atoms in total. The largest absolute Gasteiger partial charge is 0.376 e. The molecule has 0 unspecified atom stereocenters. The molecule has 6 rings (SSSR count). The summed E-state index contributed by atoms with van der Waals surface area (Å²) >= 11 is 1.82. The maximum Gasteiger partial charge on any atom is 0.161 e. The first-order chi connectivity index (χ1) is 15.7. The fourth-order valence-electron chi connectivity index (χ4n) is 3.88. The van der Waals surface area contributed by atoms with Crippen LogP contribution in [-0.2, 0) is 0 Å². The van der Waals surface area contributed by atoms with Crippen LogP contribution in [0.25, 0.3) is 50.4 Å². The second kappa shape index (κ2) is 7.45. The molecule has 0 fully saturated rings. The van der Waals surface area contributed by atoms with E-state index in [1.165, 1.54) is 5.57 Å². The summed E-state index contributed by atoms with van der Waals surface area (Å²) in [6, 6.07) is 8.00. The van der Waals surface area contributed by atoms with Crippen LogP contribution in [0, 0.1) is 0 Å². The molecule has 158 valence electrons. The van der Waals surface area contributed by atoms with E-state index in [-0.39, 0.29) is 0 Å². The minimum absolute atomic E-state index is 0.677. The summed E-state index contributed by atoms with van der Waals surface area (Å²) in [4.78, 5) is 24.2. The number of fused-ring (bicyclic) bond motifs is 2. The third kappa shape index (κ3) is 3.13. The van der Waals surface area contributed by atoms with Gasteiger partial charge in [0.15, 0.2) is 11.5 Å². The number of rotatable bonds is 4. The van der Waals surface area contributed by atoms with Gasteiger partial charge in [-0.3, -0.25) is 15.1 Å². The molecular weight excluding hydrogens is 420 g/mol. The first-order valence-electron chi connectivity index (χ1n) is 10.3. The summed E-state index contributed by atoms with van der Waals surface area (Å²) in [5.74, 6) is 1.77. The molecule has 5 aromatic rings. The van der Waals surface area contributed by atoms with Crippen molar-refractivity contribution in [2.24, 2.45) is 0 Å². The third-order valence-electron chi connectivity index (χ3n) is 5.59. The van der Waals surface area contributed by atoms with E-state index in [2.05, 4.69) is 36.6 Å². The number of nitrogens with zero attached hydrogens (tertiary/aromatic N) is 6. The van der Waals surface area contributed by atoms with Crippen molar-refractivity contribution in [2.45, 2.75) is 6.42 Å². The Morgan fingerprint density at radius 1 is 1.00 bits per heavy atom. The van der Waals surface area contributed by atoms with Crippen LogP contribution in [-0.4, -0.2) is 55.0 Å². The van der Waals surface area contributed by atoms with Gasteiger partial charge < -0.3 is 9.88 Å². The highest BCUT2D eigenvalue weighted by molar-refractivity contribution is 8.02. The van der Waals surface area contributed by atoms with Crippen molar-refractivity contribution in [1.29, 1.82) is 0 Å². The summed E-state index contributed by atoms with van der Waals surface area (Å²) in [5, 5.41) is 9.79. The van der Waals surface area contributed by atoms with Gasteiger partial charge in [-0.2, -0.15) is 5.10 Å². The lowest BCUT2D eigenvalue weighted by molar-refractivity contribution is 1.10. The molecule has 0 bridgehead atoms. The normalized spacial score (nSPS) is 13.8. The predicted molar refractivity (Wildman–Crippen MR) is 129 cm³/mol. The standard InChI is InChI=1S/C23H20N8S/c1-31(2)15-9-14(10-24-11-15)16-3-4-18-21(26-16)22(30-29-18)23-27-17-5-7-25-19(20(17)28-23)13-6-8-32-12-13/h3-5,7,9-12H,6,8H2,1-2H3,(H,27,28)(H,29,30). The lowest BCUT2D eigenvalue weighted by Gasteiger charge is -2.12. The Kier molecular flexibility index (Phi) is 4.43. The van der Waals surface area contributed by atoms with E-state index >= 15 is 0 Å². The monoisotopic (exact) mass is 440 g/mol. The Morgan fingerprint density at radius 2 is 1.91 bits per heavy atom. The molecule has 0 saturated heterocycles. The van der Waals surface area contributed by atoms with Gasteiger partial charge in [0.05, 0.1) is 34.3 Å². The average molecular weight is 441 g/mol. The molecule has 0 aromatic carbocycles. The number of thioether (sulfide) groups is 1. The maximum atomic E-state index is 4.91. The first-order valence-corrected chi connectivity index (χ1v) is 11.4. The molecule has 9 heteroatoms. The number of pyridine rings is 3. The number of aromatic amines is 2. The van der Waals surface area contributed by atoms with Gasteiger partial charge in [-0.05, 0) is 41.7 Å². The average Bonchev–Trinajstić information content (AvgIpc) is 3.57. The Labute approximate surface area is 188 Å². The third-order valence-corrected chi connectivity index (χ3v) is 6.48. The second-order valence-electron chi connectivity index (χ2n) is 7.90. The van der Waals surface area contributed by atoms with Crippen LogP contribution in [0.5, 0.6) is 0 Å². The molecule has 1 aliphatic heterocycles. The smallest absolute Gasteiger partial charge is 0.161 e. The minimum atomic E-state index is 0.677. The highest BCUT2D eigenvalue weighted by Crippen LogP contribution is 2.34. The van der Waals surface area contributed by atoms with E-state index in [1.54, 1.807) is 0 Å². The van der Waals surface area contributed by atoms with Gasteiger partial charge in [-0.25, -0.2) is 9.97 Å². The zero-order valence-corrected chi connectivity index (χ0v) is 18.4. The van der Waals surface area contributed by atoms with Crippen LogP contribution in [0.4, 0.5) is 5.69 Å². The summed E-state index contributed by atoms with van der Waals surface area (Å²) in [7, 11) is 3.99. The van der Waals surface area contributed by atoms with Crippen LogP contribution >= 0.6 is 11.8 Å². The van der Waals surface area contributed by atoms with Crippen molar-refractivity contribution in [3.8, 4) is 22.8 Å². The van der Waals surface area contributed by atoms with Crippen LogP contribution in [0.2, 0.25) is 0 Å². The summed E-state index contributed by atoms with van der Waals surface area (Å²) < 4.78 is 0. The van der Waals surface area contributed by atoms with Crippen molar-refractivity contribution < 1.29 is 0 Å². The van der Waals surface area contributed by atoms with Crippen molar-refractivity contribution in [3.63, 3.8) is 0 Å². The van der Waals surface area contributed by atoms with Crippen molar-refractivity contribution in [1.82, 2.24) is 35.1 Å². The molecule has 0 aliphatic carbocycles. The fraction of sp³-hybridized carbons (Fsp3) is 0.174. The Bertz CT molecular complexity index is 1500. The number of nitrogens with one attached hydrogen (secondary N) is 2. The SMILES string of the molecule is CN(C)c1cncc(-c2ccc3[nH]nc(-c4nc5c(C6=CSCC6)nccc5[nH]4)c3n2)c1. The number of anilines is 1. The number of imidazole rings is 1. The quantitative estimate of drug-likeness (QED) is 0.424. The number of aromatic nitrogens is 7. The van der Waals surface area contributed by atoms with E-state index in [0.717, 1.165) is 56.9 Å². The second-order valence-corrected chi connectivity index (χ2v) is 8.87. The van der Waals surface area contributed by atoms with Gasteiger partial charge in [-0.15, -0.1) is 11.8 Å². The summed E-state index contributed by atoms with van der Waals surface area (Å²) in [5.41, 5.74) is 9.11. The highest BCUT2D eigenvalue weighted by atomic mass is 32.2. The Hall–Kier alpha value is -3.72. The zero-order chi connectivity index (χ0) is 21.7. The Balaban J connectivity index is 1.47. The number of allylic oxidation sites excluding steroid dienone is 1. The van der Waals surface area contributed by atoms with Gasteiger partial charge in [-0.1, -0.05) is 0 Å². The molecule has 2 N–H and O–H groups in total. The van der Waals surface area contributed by atoms with Crippen molar-refractivity contribution in [3.05, 3.63) is 54.0 Å². The zero-order valence-electron chi connectivity index (χ0n) is 17.6. The highest BCUT2D eigenvalue weighted by Gasteiger charge is 2.19. The van der Waals surface area contributed by atoms with E-state index in [1.807, 2.05) is 67.5 Å². The van der Waals surface area contributed by atoms with Crippen LogP contribution < -0.4 is 4.90 Å². The van der Waals surface area contributed by atoms with Crippen molar-refractivity contribution >= 4 is 45.1 Å². The van der Waals surface area contributed by atoms with Gasteiger partial charge in [0, 0.05) is 37.8 Å². The molecule has 0 radical (unpaired) electrons. The van der Waals surface area contributed by atoms with Gasteiger partial charge in [0.2, 0.25) is 0 Å². The molecule has 0 atom stereocenters. The molecule has 32 heavy (non-hydrogen) atoms. The van der Waals surface area contributed by atoms with Crippen LogP contribution in [0.1, 0.15) is 12.1 Å². The molecule has 0 amide bonds. The van der Waals surface area contributed by atoms with E-state index in [4.69, 9.17) is 9.97 Å². The Morgan fingerprint density at radius 3 is 2.75 bits per heavy atom. The van der Waals surface area contributed by atoms with E-state index in [0.29, 0.717) is 11.5 Å². The summed E-state index contributed by atoms with van der Waals surface area (Å²) in [6.45, 7) is 0. The minimum Gasteiger partial charge on any atom is -0.376 e. The van der Waals surface area contributed by atoms with Crippen molar-refractivity contribution in [2.75, 3.05) is 24.7 Å². The molecule has 0 spiro atoms.